The Hall–Kier alpha value is -1.13. The Kier molecular flexibility index (Phi) is 8.00. The van der Waals surface area contributed by atoms with E-state index in [1.165, 1.54) is 19.3 Å². The average Bonchev–Trinajstić information content (AvgIpc) is 3.36. The van der Waals surface area contributed by atoms with Gasteiger partial charge in [0.15, 0.2) is 0 Å². The van der Waals surface area contributed by atoms with Crippen LogP contribution in [0.2, 0.25) is 0 Å². The predicted octanol–water partition coefficient (Wildman–Crippen LogP) is 3.52. The van der Waals surface area contributed by atoms with Gasteiger partial charge in [-0.25, -0.2) is 0 Å². The molecule has 1 aliphatic carbocycles. The van der Waals surface area contributed by atoms with Crippen LogP contribution in [0.3, 0.4) is 0 Å². The van der Waals surface area contributed by atoms with Crippen LogP contribution in [-0.2, 0) is 9.53 Å². The third-order valence-electron chi connectivity index (χ3n) is 5.01. The van der Waals surface area contributed by atoms with E-state index < -0.39 is 12.2 Å². The Morgan fingerprint density at radius 2 is 2.08 bits per heavy atom. The molecule has 4 nitrogen and oxygen atoms in total. The summed E-state index contributed by atoms with van der Waals surface area (Å²) < 4.78 is 5.38. The van der Waals surface area contributed by atoms with Crippen molar-refractivity contribution < 1.29 is 19.7 Å². The van der Waals surface area contributed by atoms with E-state index in [9.17, 15) is 15.0 Å². The molecule has 0 amide bonds. The smallest absolute Gasteiger partial charge is 0.306 e. The Morgan fingerprint density at radius 1 is 1.25 bits per heavy atom. The number of hydrogen-bond donors (Lipinski definition) is 2. The highest BCUT2D eigenvalue weighted by molar-refractivity contribution is 5.70. The van der Waals surface area contributed by atoms with Gasteiger partial charge in [-0.1, -0.05) is 44.1 Å². The summed E-state index contributed by atoms with van der Waals surface area (Å²) in [5.41, 5.74) is 0. The van der Waals surface area contributed by atoms with Gasteiger partial charge in [0, 0.05) is 12.3 Å². The summed E-state index contributed by atoms with van der Waals surface area (Å²) in [6.07, 6.45) is 14.9. The molecule has 2 aliphatic rings. The lowest BCUT2D eigenvalue weighted by Crippen LogP contribution is -2.27. The number of aliphatic hydroxyl groups excluding tert-OH is 2. The Balaban J connectivity index is 1.64. The molecule has 2 rings (SSSR count). The molecular formula is C20H32O4. The van der Waals surface area contributed by atoms with Crippen LogP contribution in [0, 0.1) is 11.8 Å². The van der Waals surface area contributed by atoms with Crippen LogP contribution in [0.5, 0.6) is 0 Å². The third kappa shape index (κ3) is 6.40. The van der Waals surface area contributed by atoms with Crippen LogP contribution in [0.4, 0.5) is 0 Å². The monoisotopic (exact) mass is 336 g/mol. The maximum Gasteiger partial charge on any atom is 0.306 e. The molecular weight excluding hydrogens is 304 g/mol. The second-order valence-corrected chi connectivity index (χ2v) is 7.13. The van der Waals surface area contributed by atoms with Crippen molar-refractivity contribution in [3.05, 3.63) is 24.3 Å². The molecule has 0 aromatic heterocycles. The number of hydrogen-bond acceptors (Lipinski definition) is 4. The first kappa shape index (κ1) is 19.2. The summed E-state index contributed by atoms with van der Waals surface area (Å²) in [4.78, 5) is 11.3. The van der Waals surface area contributed by atoms with Crippen LogP contribution in [0.1, 0.15) is 64.7 Å². The molecule has 0 radical (unpaired) electrons. The molecule has 136 valence electrons. The number of unbranched alkanes of at least 4 members (excludes halogenated alkanes) is 3. The van der Waals surface area contributed by atoms with Gasteiger partial charge in [0.2, 0.25) is 0 Å². The first-order valence-electron chi connectivity index (χ1n) is 9.50. The number of esters is 1. The fourth-order valence-electron chi connectivity index (χ4n) is 3.42. The molecule has 24 heavy (non-hydrogen) atoms. The van der Waals surface area contributed by atoms with Gasteiger partial charge in [0.25, 0.3) is 0 Å². The molecule has 0 aromatic carbocycles. The highest BCUT2D eigenvalue weighted by atomic mass is 16.5. The summed E-state index contributed by atoms with van der Waals surface area (Å²) in [6, 6.07) is 0. The number of rotatable bonds is 10. The van der Waals surface area contributed by atoms with E-state index in [2.05, 4.69) is 13.0 Å². The number of allylic oxidation sites excluding steroid dienone is 1. The molecule has 0 bridgehead atoms. The van der Waals surface area contributed by atoms with Crippen molar-refractivity contribution in [1.82, 2.24) is 0 Å². The lowest BCUT2D eigenvalue weighted by molar-refractivity contribution is -0.155. The first-order valence-corrected chi connectivity index (χ1v) is 9.50. The fourth-order valence-corrected chi connectivity index (χ4v) is 3.42. The van der Waals surface area contributed by atoms with E-state index in [4.69, 9.17) is 4.74 Å². The first-order chi connectivity index (χ1) is 11.6. The maximum absolute atomic E-state index is 11.3. The van der Waals surface area contributed by atoms with Crippen molar-refractivity contribution in [1.29, 1.82) is 0 Å². The summed E-state index contributed by atoms with van der Waals surface area (Å²) in [7, 11) is 0. The lowest BCUT2D eigenvalue weighted by atomic mass is 10.0. The van der Waals surface area contributed by atoms with Gasteiger partial charge in [0.05, 0.1) is 12.2 Å². The number of carbonyl (C=O) groups excluding carboxylic acids is 1. The molecule has 2 N–H and O–H groups in total. The minimum atomic E-state index is -0.557. The van der Waals surface area contributed by atoms with Crippen molar-refractivity contribution in [2.75, 3.05) is 0 Å². The highest BCUT2D eigenvalue weighted by Crippen LogP contribution is 2.47. The van der Waals surface area contributed by atoms with Crippen molar-refractivity contribution in [2.24, 2.45) is 11.8 Å². The Bertz CT molecular complexity index is 443. The number of ether oxygens (including phenoxy) is 1. The van der Waals surface area contributed by atoms with Gasteiger partial charge in [-0.05, 0) is 44.4 Å². The number of cyclic esters (lactones) is 1. The zero-order valence-corrected chi connectivity index (χ0v) is 14.8. The average molecular weight is 336 g/mol. The molecule has 4 heteroatoms. The highest BCUT2D eigenvalue weighted by Gasteiger charge is 2.48. The van der Waals surface area contributed by atoms with Gasteiger partial charge in [-0.15, -0.1) is 0 Å². The van der Waals surface area contributed by atoms with Crippen LogP contribution in [-0.4, -0.2) is 34.5 Å². The predicted molar refractivity (Wildman–Crippen MR) is 94.4 cm³/mol. The Labute approximate surface area is 145 Å². The largest absolute Gasteiger partial charge is 0.462 e. The minimum absolute atomic E-state index is 0.0183. The van der Waals surface area contributed by atoms with Gasteiger partial charge < -0.3 is 14.9 Å². The van der Waals surface area contributed by atoms with Gasteiger partial charge in [-0.3, -0.25) is 4.79 Å². The van der Waals surface area contributed by atoms with Crippen molar-refractivity contribution in [3.8, 4) is 0 Å². The lowest BCUT2D eigenvalue weighted by Gasteiger charge is -2.22. The molecule has 1 saturated heterocycles. The molecule has 5 atom stereocenters. The quantitative estimate of drug-likeness (QED) is 0.364. The SMILES string of the molecule is CCCCC/C=C\CC(O)/C=C/[C@@H](O)[C@H]1C[C@@H]1C1CCCC(=O)O1. The fraction of sp³-hybridized carbons (Fsp3) is 0.750. The Morgan fingerprint density at radius 3 is 2.83 bits per heavy atom. The summed E-state index contributed by atoms with van der Waals surface area (Å²) in [5, 5.41) is 20.2. The molecule has 1 saturated carbocycles. The molecule has 0 aromatic rings. The molecule has 2 fully saturated rings. The summed E-state index contributed by atoms with van der Waals surface area (Å²) in [6.45, 7) is 2.19. The number of carbonyl (C=O) groups is 1. The van der Waals surface area contributed by atoms with E-state index in [0.717, 1.165) is 25.7 Å². The molecule has 1 heterocycles. The van der Waals surface area contributed by atoms with Crippen molar-refractivity contribution in [3.63, 3.8) is 0 Å². The van der Waals surface area contributed by atoms with Gasteiger partial charge in [-0.2, -0.15) is 0 Å². The third-order valence-corrected chi connectivity index (χ3v) is 5.01. The van der Waals surface area contributed by atoms with Crippen LogP contribution in [0.25, 0.3) is 0 Å². The van der Waals surface area contributed by atoms with Crippen molar-refractivity contribution >= 4 is 5.97 Å². The van der Waals surface area contributed by atoms with E-state index in [1.54, 1.807) is 12.2 Å². The van der Waals surface area contributed by atoms with E-state index >= 15 is 0 Å². The zero-order chi connectivity index (χ0) is 17.4. The van der Waals surface area contributed by atoms with E-state index in [-0.39, 0.29) is 23.9 Å². The van der Waals surface area contributed by atoms with Gasteiger partial charge in [0.1, 0.15) is 6.10 Å². The molecule has 0 spiro atoms. The summed E-state index contributed by atoms with van der Waals surface area (Å²) in [5.74, 6) is 0.335. The normalized spacial score (nSPS) is 29.8. The maximum atomic E-state index is 11.3. The zero-order valence-electron chi connectivity index (χ0n) is 14.8. The summed E-state index contributed by atoms with van der Waals surface area (Å²) >= 11 is 0. The minimum Gasteiger partial charge on any atom is -0.462 e. The molecule has 2 unspecified atom stereocenters. The second-order valence-electron chi connectivity index (χ2n) is 7.13. The standard InChI is InChI=1S/C20H32O4/c1-2-3-4-5-6-7-9-15(21)12-13-18(22)16-14-17(16)19-10-8-11-20(23)24-19/h6-7,12-13,15-19,21-22H,2-5,8-11,14H2,1H3/b7-6-,13-12+/t15?,16-,17-,18+,19?/m0/s1. The van der Waals surface area contributed by atoms with Crippen LogP contribution in [0.15, 0.2) is 24.3 Å². The van der Waals surface area contributed by atoms with Crippen LogP contribution >= 0.6 is 0 Å². The topological polar surface area (TPSA) is 66.8 Å². The molecule has 1 aliphatic heterocycles. The van der Waals surface area contributed by atoms with Crippen LogP contribution < -0.4 is 0 Å². The van der Waals surface area contributed by atoms with E-state index in [0.29, 0.717) is 12.8 Å². The second kappa shape index (κ2) is 10.00. The van der Waals surface area contributed by atoms with E-state index in [1.807, 2.05) is 6.08 Å². The van der Waals surface area contributed by atoms with Gasteiger partial charge >= 0.3 is 5.97 Å². The van der Waals surface area contributed by atoms with Crippen molar-refractivity contribution in [2.45, 2.75) is 83.0 Å². The number of aliphatic hydroxyl groups is 2.